The first-order valence-corrected chi connectivity index (χ1v) is 4.18. The maximum atomic E-state index is 12.0. The van der Waals surface area contributed by atoms with Crippen molar-refractivity contribution in [3.8, 4) is 0 Å². The van der Waals surface area contributed by atoms with Crippen molar-refractivity contribution in [1.82, 2.24) is 0 Å². The molecule has 0 amide bonds. The third-order valence-corrected chi connectivity index (χ3v) is 1.88. The molecule has 4 heteroatoms. The second kappa shape index (κ2) is 4.82. The lowest BCUT2D eigenvalue weighted by Crippen LogP contribution is -2.01. The van der Waals surface area contributed by atoms with Crippen LogP contribution in [0.5, 0.6) is 0 Å². The Morgan fingerprint density at radius 3 is 2.46 bits per heavy atom. The average Bonchev–Trinajstić information content (AvgIpc) is 2.16. The van der Waals surface area contributed by atoms with Crippen LogP contribution in [0.15, 0.2) is 29.4 Å². The summed E-state index contributed by atoms with van der Waals surface area (Å²) in [7, 11) is 0. The zero-order chi connectivity index (χ0) is 9.68. The molecular weight excluding hydrogens is 193 g/mol. The van der Waals surface area contributed by atoms with Gasteiger partial charge in [-0.05, 0) is 17.7 Å². The number of hydrogen-bond acceptors (Lipinski definition) is 2. The Bertz CT molecular complexity index is 297. The number of rotatable bonds is 3. The highest BCUT2D eigenvalue weighted by Crippen LogP contribution is 2.11. The lowest BCUT2D eigenvalue weighted by Gasteiger charge is -2.01. The first-order valence-electron chi connectivity index (χ1n) is 3.80. The van der Waals surface area contributed by atoms with E-state index in [1.54, 1.807) is 24.3 Å². The van der Waals surface area contributed by atoms with Gasteiger partial charge in [-0.3, -0.25) is 4.39 Å². The maximum Gasteiger partial charge on any atom is 0.0951 e. The first kappa shape index (κ1) is 9.99. The number of hydrogen-bond donors (Lipinski definition) is 1. The summed E-state index contributed by atoms with van der Waals surface area (Å²) in [6, 6.07) is 6.71. The van der Waals surface area contributed by atoms with Gasteiger partial charge in [-0.25, -0.2) is 0 Å². The second-order valence-electron chi connectivity index (χ2n) is 2.49. The van der Waals surface area contributed by atoms with Gasteiger partial charge in [-0.15, -0.1) is 0 Å². The molecule has 1 N–H and O–H groups in total. The zero-order valence-electron chi connectivity index (χ0n) is 6.87. The van der Waals surface area contributed by atoms with Crippen LogP contribution in [-0.2, 0) is 0 Å². The topological polar surface area (TPSA) is 32.6 Å². The third-order valence-electron chi connectivity index (χ3n) is 1.63. The Labute approximate surface area is 80.6 Å². The quantitative estimate of drug-likeness (QED) is 0.455. The molecule has 1 aromatic rings. The van der Waals surface area contributed by atoms with E-state index in [4.69, 9.17) is 16.8 Å². The van der Waals surface area contributed by atoms with Crippen molar-refractivity contribution in [2.24, 2.45) is 5.16 Å². The number of benzene rings is 1. The van der Waals surface area contributed by atoms with Crippen molar-refractivity contribution in [3.05, 3.63) is 34.9 Å². The van der Waals surface area contributed by atoms with Crippen LogP contribution in [0.4, 0.5) is 4.39 Å². The number of nitrogens with zero attached hydrogens (tertiary/aromatic N) is 1. The molecule has 0 unspecified atom stereocenters. The Hall–Kier alpha value is -1.09. The van der Waals surface area contributed by atoms with Gasteiger partial charge in [-0.2, -0.15) is 0 Å². The van der Waals surface area contributed by atoms with E-state index in [-0.39, 0.29) is 6.42 Å². The van der Waals surface area contributed by atoms with E-state index in [1.165, 1.54) is 0 Å². The molecule has 0 aliphatic rings. The highest BCUT2D eigenvalue weighted by Gasteiger charge is 2.03. The molecule has 0 aliphatic carbocycles. The minimum atomic E-state index is -0.540. The van der Waals surface area contributed by atoms with E-state index in [2.05, 4.69) is 5.16 Å². The predicted octanol–water partition coefficient (Wildman–Crippen LogP) is 2.88. The Morgan fingerprint density at radius 2 is 2.00 bits per heavy atom. The van der Waals surface area contributed by atoms with E-state index in [0.29, 0.717) is 16.3 Å². The zero-order valence-corrected chi connectivity index (χ0v) is 7.63. The van der Waals surface area contributed by atoms with Crippen LogP contribution in [0.3, 0.4) is 0 Å². The predicted molar refractivity (Wildman–Crippen MR) is 50.4 cm³/mol. The number of oxime groups is 1. The molecule has 13 heavy (non-hydrogen) atoms. The van der Waals surface area contributed by atoms with Crippen molar-refractivity contribution < 1.29 is 9.60 Å². The van der Waals surface area contributed by atoms with Gasteiger partial charge < -0.3 is 5.21 Å². The van der Waals surface area contributed by atoms with Crippen LogP contribution in [0.2, 0.25) is 5.02 Å². The van der Waals surface area contributed by atoms with E-state index in [1.807, 2.05) is 0 Å². The molecule has 1 rings (SSSR count). The molecule has 0 radical (unpaired) electrons. The molecular formula is C9H9ClFNO. The smallest absolute Gasteiger partial charge is 0.0951 e. The molecule has 70 valence electrons. The summed E-state index contributed by atoms with van der Waals surface area (Å²) < 4.78 is 12.0. The third kappa shape index (κ3) is 2.70. The summed E-state index contributed by atoms with van der Waals surface area (Å²) in [5.74, 6) is 0. The van der Waals surface area contributed by atoms with Crippen molar-refractivity contribution in [2.75, 3.05) is 6.67 Å². The van der Waals surface area contributed by atoms with E-state index in [9.17, 15) is 4.39 Å². The number of alkyl halides is 1. The van der Waals surface area contributed by atoms with Crippen LogP contribution in [0.25, 0.3) is 0 Å². The molecule has 0 aromatic heterocycles. The van der Waals surface area contributed by atoms with Gasteiger partial charge in [0.1, 0.15) is 0 Å². The van der Waals surface area contributed by atoms with Crippen LogP contribution >= 0.6 is 11.6 Å². The molecule has 1 aromatic carbocycles. The fourth-order valence-electron chi connectivity index (χ4n) is 0.984. The Morgan fingerprint density at radius 1 is 1.38 bits per heavy atom. The lowest BCUT2D eigenvalue weighted by atomic mass is 10.1. The van der Waals surface area contributed by atoms with Crippen LogP contribution in [0.1, 0.15) is 12.0 Å². The standard InChI is InChI=1S/C9H9ClFNO/c10-8-3-1-7(2-4-8)9(12-13)5-6-11/h1-4,13H,5-6H2. The molecule has 0 atom stereocenters. The highest BCUT2D eigenvalue weighted by atomic mass is 35.5. The SMILES string of the molecule is ON=C(CCF)c1ccc(Cl)cc1. The number of halogens is 2. The van der Waals surface area contributed by atoms with Gasteiger partial charge in [0.25, 0.3) is 0 Å². The largest absolute Gasteiger partial charge is 0.411 e. The molecule has 0 fully saturated rings. The van der Waals surface area contributed by atoms with E-state index < -0.39 is 6.67 Å². The van der Waals surface area contributed by atoms with Crippen molar-refractivity contribution in [3.63, 3.8) is 0 Å². The lowest BCUT2D eigenvalue weighted by molar-refractivity contribution is 0.317. The first-order chi connectivity index (χ1) is 6.27. The maximum absolute atomic E-state index is 12.0. The molecule has 0 bridgehead atoms. The average molecular weight is 202 g/mol. The summed E-state index contributed by atoms with van der Waals surface area (Å²) in [5.41, 5.74) is 1.02. The van der Waals surface area contributed by atoms with E-state index in [0.717, 1.165) is 0 Å². The minimum Gasteiger partial charge on any atom is -0.411 e. The van der Waals surface area contributed by atoms with Gasteiger partial charge in [0, 0.05) is 11.4 Å². The molecule has 2 nitrogen and oxygen atoms in total. The monoisotopic (exact) mass is 201 g/mol. The fourth-order valence-corrected chi connectivity index (χ4v) is 1.11. The van der Waals surface area contributed by atoms with Gasteiger partial charge in [0.15, 0.2) is 0 Å². The Kier molecular flexibility index (Phi) is 3.71. The highest BCUT2D eigenvalue weighted by molar-refractivity contribution is 6.30. The summed E-state index contributed by atoms with van der Waals surface area (Å²) in [4.78, 5) is 0. The normalized spacial score (nSPS) is 11.7. The van der Waals surface area contributed by atoms with Crippen LogP contribution in [-0.4, -0.2) is 17.6 Å². The van der Waals surface area contributed by atoms with Crippen LogP contribution < -0.4 is 0 Å². The summed E-state index contributed by atoms with van der Waals surface area (Å²) in [6.45, 7) is -0.540. The molecule has 0 aliphatic heterocycles. The molecule has 0 heterocycles. The van der Waals surface area contributed by atoms with Crippen molar-refractivity contribution in [2.45, 2.75) is 6.42 Å². The van der Waals surface area contributed by atoms with E-state index >= 15 is 0 Å². The van der Waals surface area contributed by atoms with Crippen molar-refractivity contribution in [1.29, 1.82) is 0 Å². The van der Waals surface area contributed by atoms with Gasteiger partial charge in [-0.1, -0.05) is 28.9 Å². The summed E-state index contributed by atoms with van der Waals surface area (Å²) >= 11 is 5.66. The van der Waals surface area contributed by atoms with Gasteiger partial charge in [0.2, 0.25) is 0 Å². The minimum absolute atomic E-state index is 0.109. The summed E-state index contributed by atoms with van der Waals surface area (Å²) in [5, 5.41) is 12.2. The van der Waals surface area contributed by atoms with Gasteiger partial charge >= 0.3 is 0 Å². The Balaban J connectivity index is 2.87. The summed E-state index contributed by atoms with van der Waals surface area (Å²) in [6.07, 6.45) is 0.109. The molecule has 0 saturated heterocycles. The second-order valence-corrected chi connectivity index (χ2v) is 2.93. The molecule has 0 spiro atoms. The molecule has 0 saturated carbocycles. The van der Waals surface area contributed by atoms with Gasteiger partial charge in [0.05, 0.1) is 12.4 Å². The van der Waals surface area contributed by atoms with Crippen molar-refractivity contribution >= 4 is 17.3 Å². The van der Waals surface area contributed by atoms with Crippen LogP contribution in [0, 0.1) is 0 Å². The fraction of sp³-hybridized carbons (Fsp3) is 0.222.